The van der Waals surface area contributed by atoms with Crippen LogP contribution in [-0.2, 0) is 16.0 Å². The Kier molecular flexibility index (Phi) is 6.91. The Morgan fingerprint density at radius 3 is 2.03 bits per heavy atom. The van der Waals surface area contributed by atoms with E-state index in [1.807, 2.05) is 48.5 Å². The molecule has 0 fully saturated rings. The number of carboxylic acid groups (broad SMARTS) is 1. The van der Waals surface area contributed by atoms with Crippen LogP contribution in [0.25, 0.3) is 0 Å². The molecule has 0 saturated carbocycles. The van der Waals surface area contributed by atoms with Crippen molar-refractivity contribution in [2.24, 2.45) is 5.92 Å². The summed E-state index contributed by atoms with van der Waals surface area (Å²) in [6, 6.07) is 25.3. The number of ketones is 2. The predicted octanol–water partition coefficient (Wildman–Crippen LogP) is 4.92. The molecule has 3 rings (SSSR count). The van der Waals surface area contributed by atoms with E-state index in [2.05, 4.69) is 0 Å². The molecule has 0 amide bonds. The van der Waals surface area contributed by atoms with Crippen molar-refractivity contribution >= 4 is 17.5 Å². The summed E-state index contributed by atoms with van der Waals surface area (Å²) in [5.41, 5.74) is 2.70. The molecule has 30 heavy (non-hydrogen) atoms. The fourth-order valence-electron chi connectivity index (χ4n) is 3.46. The van der Waals surface area contributed by atoms with Crippen molar-refractivity contribution in [3.63, 3.8) is 0 Å². The topological polar surface area (TPSA) is 71.4 Å². The van der Waals surface area contributed by atoms with E-state index in [0.717, 1.165) is 5.56 Å². The van der Waals surface area contributed by atoms with E-state index in [1.165, 1.54) is 0 Å². The van der Waals surface area contributed by atoms with E-state index in [-0.39, 0.29) is 18.0 Å². The minimum Gasteiger partial charge on any atom is -0.481 e. The highest BCUT2D eigenvalue weighted by atomic mass is 16.4. The van der Waals surface area contributed by atoms with Crippen LogP contribution in [0.15, 0.2) is 84.9 Å². The van der Waals surface area contributed by atoms with Crippen LogP contribution in [0.1, 0.15) is 46.3 Å². The molecule has 0 aliphatic heterocycles. The number of hydrogen-bond acceptors (Lipinski definition) is 3. The van der Waals surface area contributed by atoms with Crippen LogP contribution in [0, 0.1) is 5.92 Å². The van der Waals surface area contributed by atoms with Gasteiger partial charge in [0.05, 0.1) is 5.92 Å². The van der Waals surface area contributed by atoms with Crippen molar-refractivity contribution in [2.75, 3.05) is 0 Å². The minimum absolute atomic E-state index is 0.0533. The highest BCUT2D eigenvalue weighted by Gasteiger charge is 2.25. The molecule has 0 saturated heterocycles. The smallest absolute Gasteiger partial charge is 0.307 e. The minimum atomic E-state index is -0.979. The highest BCUT2D eigenvalue weighted by molar-refractivity contribution is 6.09. The summed E-state index contributed by atoms with van der Waals surface area (Å²) in [4.78, 5) is 37.3. The first-order chi connectivity index (χ1) is 14.5. The molecule has 152 valence electrons. The molecule has 2 unspecified atom stereocenters. The molecular formula is C26H24O4. The molecule has 0 bridgehead atoms. The number of Topliss-reactive ketones (excluding diaryl/α,β-unsaturated/α-hetero) is 1. The van der Waals surface area contributed by atoms with Gasteiger partial charge in [0.2, 0.25) is 0 Å². The lowest BCUT2D eigenvalue weighted by atomic mass is 9.86. The number of carbonyl (C=O) groups excluding carboxylic acids is 2. The van der Waals surface area contributed by atoms with Crippen LogP contribution in [0.5, 0.6) is 0 Å². The van der Waals surface area contributed by atoms with E-state index < -0.39 is 17.8 Å². The lowest BCUT2D eigenvalue weighted by molar-refractivity contribution is -0.143. The number of benzene rings is 3. The molecule has 0 aromatic heterocycles. The van der Waals surface area contributed by atoms with Crippen LogP contribution in [0.4, 0.5) is 0 Å². The number of carboxylic acids is 1. The van der Waals surface area contributed by atoms with Crippen LogP contribution >= 0.6 is 0 Å². The Labute approximate surface area is 176 Å². The van der Waals surface area contributed by atoms with Crippen LogP contribution in [0.2, 0.25) is 0 Å². The normalized spacial score (nSPS) is 12.7. The summed E-state index contributed by atoms with van der Waals surface area (Å²) in [5.74, 6) is -2.51. The Morgan fingerprint density at radius 2 is 1.40 bits per heavy atom. The zero-order valence-corrected chi connectivity index (χ0v) is 16.8. The second-order valence-electron chi connectivity index (χ2n) is 7.44. The highest BCUT2D eigenvalue weighted by Crippen LogP contribution is 2.24. The first kappa shape index (κ1) is 21.2. The molecule has 0 radical (unpaired) electrons. The maximum absolute atomic E-state index is 12.9. The first-order valence-electron chi connectivity index (χ1n) is 9.95. The Balaban J connectivity index is 1.73. The summed E-state index contributed by atoms with van der Waals surface area (Å²) in [5, 5.41) is 9.58. The monoisotopic (exact) mass is 400 g/mol. The molecule has 4 nitrogen and oxygen atoms in total. The molecule has 4 heteroatoms. The molecule has 3 aromatic rings. The zero-order valence-electron chi connectivity index (χ0n) is 16.8. The lowest BCUT2D eigenvalue weighted by Gasteiger charge is -2.16. The molecule has 0 spiro atoms. The predicted molar refractivity (Wildman–Crippen MR) is 116 cm³/mol. The van der Waals surface area contributed by atoms with Crippen LogP contribution in [-0.4, -0.2) is 22.6 Å². The third-order valence-electron chi connectivity index (χ3n) is 5.29. The molecular weight excluding hydrogens is 376 g/mol. The molecule has 2 atom stereocenters. The van der Waals surface area contributed by atoms with E-state index in [1.54, 1.807) is 43.3 Å². The van der Waals surface area contributed by atoms with Crippen molar-refractivity contribution in [1.29, 1.82) is 0 Å². The Morgan fingerprint density at radius 1 is 0.800 bits per heavy atom. The van der Waals surface area contributed by atoms with Crippen molar-refractivity contribution < 1.29 is 19.5 Å². The second-order valence-corrected chi connectivity index (χ2v) is 7.44. The first-order valence-corrected chi connectivity index (χ1v) is 9.95. The average Bonchev–Trinajstić information content (AvgIpc) is 2.78. The Bertz CT molecular complexity index is 1030. The Hall–Kier alpha value is -3.53. The average molecular weight is 400 g/mol. The van der Waals surface area contributed by atoms with Gasteiger partial charge in [0.25, 0.3) is 0 Å². The second kappa shape index (κ2) is 9.79. The van der Waals surface area contributed by atoms with Gasteiger partial charge in [0, 0.05) is 23.5 Å². The van der Waals surface area contributed by atoms with Gasteiger partial charge >= 0.3 is 5.97 Å². The van der Waals surface area contributed by atoms with Crippen molar-refractivity contribution in [3.05, 3.63) is 107 Å². The van der Waals surface area contributed by atoms with Crippen molar-refractivity contribution in [1.82, 2.24) is 0 Å². The van der Waals surface area contributed by atoms with Gasteiger partial charge in [-0.05, 0) is 23.6 Å². The van der Waals surface area contributed by atoms with Gasteiger partial charge in [-0.25, -0.2) is 0 Å². The molecule has 3 aromatic carbocycles. The van der Waals surface area contributed by atoms with Gasteiger partial charge in [-0.1, -0.05) is 85.8 Å². The molecule has 0 heterocycles. The van der Waals surface area contributed by atoms with E-state index in [4.69, 9.17) is 0 Å². The van der Waals surface area contributed by atoms with E-state index in [0.29, 0.717) is 23.1 Å². The van der Waals surface area contributed by atoms with Gasteiger partial charge in [-0.3, -0.25) is 14.4 Å². The quantitative estimate of drug-likeness (QED) is 0.517. The van der Waals surface area contributed by atoms with Gasteiger partial charge in [-0.15, -0.1) is 0 Å². The van der Waals surface area contributed by atoms with E-state index in [9.17, 15) is 19.5 Å². The fourth-order valence-corrected chi connectivity index (χ4v) is 3.46. The summed E-state index contributed by atoms with van der Waals surface area (Å²) in [6.45, 7) is 1.76. The van der Waals surface area contributed by atoms with Crippen LogP contribution in [0.3, 0.4) is 0 Å². The summed E-state index contributed by atoms with van der Waals surface area (Å²) in [6.07, 6.45) is 0.253. The molecule has 0 aliphatic carbocycles. The maximum atomic E-state index is 12.9. The fraction of sp³-hybridized carbons (Fsp3) is 0.192. The van der Waals surface area contributed by atoms with Gasteiger partial charge < -0.3 is 5.11 Å². The number of aliphatic carboxylic acids is 1. The van der Waals surface area contributed by atoms with Gasteiger partial charge in [0.1, 0.15) is 5.78 Å². The summed E-state index contributed by atoms with van der Waals surface area (Å²) < 4.78 is 0. The largest absolute Gasteiger partial charge is 0.481 e. The SMILES string of the molecule is CC(C(=O)CC(Cc1ccccc1)C(=O)O)c1cccc(C(=O)c2ccccc2)c1. The summed E-state index contributed by atoms with van der Waals surface area (Å²) >= 11 is 0. The summed E-state index contributed by atoms with van der Waals surface area (Å²) in [7, 11) is 0. The number of rotatable bonds is 9. The van der Waals surface area contributed by atoms with E-state index >= 15 is 0 Å². The third-order valence-corrected chi connectivity index (χ3v) is 5.29. The maximum Gasteiger partial charge on any atom is 0.307 e. The lowest BCUT2D eigenvalue weighted by Crippen LogP contribution is -2.23. The third kappa shape index (κ3) is 5.29. The molecule has 1 N–H and O–H groups in total. The van der Waals surface area contributed by atoms with Crippen molar-refractivity contribution in [2.45, 2.75) is 25.7 Å². The van der Waals surface area contributed by atoms with Crippen molar-refractivity contribution in [3.8, 4) is 0 Å². The number of carbonyl (C=O) groups is 3. The zero-order chi connectivity index (χ0) is 21.5. The standard InChI is InChI=1S/C26H24O4/c1-18(24(27)17-23(26(29)30)15-19-9-4-2-5-10-19)21-13-8-14-22(16-21)25(28)20-11-6-3-7-12-20/h2-14,16,18,23H,15,17H2,1H3,(H,29,30). The molecule has 0 aliphatic rings. The van der Waals surface area contributed by atoms with Gasteiger partial charge in [-0.2, -0.15) is 0 Å². The number of hydrogen-bond donors (Lipinski definition) is 1. The van der Waals surface area contributed by atoms with Crippen LogP contribution < -0.4 is 0 Å². The van der Waals surface area contributed by atoms with Gasteiger partial charge in [0.15, 0.2) is 5.78 Å².